The van der Waals surface area contributed by atoms with Crippen molar-refractivity contribution in [2.75, 3.05) is 26.6 Å². The molecule has 0 unspecified atom stereocenters. The van der Waals surface area contributed by atoms with E-state index in [1.54, 1.807) is 50.5 Å². The lowest BCUT2D eigenvalue weighted by Crippen LogP contribution is -2.35. The third-order valence-electron chi connectivity index (χ3n) is 5.66. The molecule has 2 amide bonds. The monoisotopic (exact) mass is 473 g/mol. The van der Waals surface area contributed by atoms with Crippen molar-refractivity contribution in [2.24, 2.45) is 0 Å². The first kappa shape index (κ1) is 23.7. The molecule has 4 aromatic rings. The molecule has 0 saturated carbocycles. The fraction of sp³-hybridized carbons (Fsp3) is 0.185. The number of benzene rings is 3. The first-order valence-corrected chi connectivity index (χ1v) is 11.0. The number of anilines is 1. The zero-order chi connectivity index (χ0) is 24.8. The molecule has 2 N–H and O–H groups in total. The lowest BCUT2D eigenvalue weighted by molar-refractivity contribution is 0.206. The van der Waals surface area contributed by atoms with Crippen molar-refractivity contribution in [3.63, 3.8) is 0 Å². The quantitative estimate of drug-likeness (QED) is 0.384. The van der Waals surface area contributed by atoms with E-state index >= 15 is 0 Å². The molecule has 0 aliphatic heterocycles. The predicted molar refractivity (Wildman–Crippen MR) is 135 cm³/mol. The number of nitrogens with one attached hydrogen (secondary N) is 2. The summed E-state index contributed by atoms with van der Waals surface area (Å²) in [6, 6.07) is 21.5. The van der Waals surface area contributed by atoms with Crippen LogP contribution in [0.4, 0.5) is 10.5 Å². The summed E-state index contributed by atoms with van der Waals surface area (Å²) in [4.78, 5) is 30.7. The number of hydrogen-bond donors (Lipinski definition) is 2. The van der Waals surface area contributed by atoms with Crippen molar-refractivity contribution in [2.45, 2.75) is 13.1 Å². The van der Waals surface area contributed by atoms with E-state index in [0.29, 0.717) is 28.3 Å². The normalized spacial score (nSPS) is 10.6. The third kappa shape index (κ3) is 5.55. The van der Waals surface area contributed by atoms with Crippen LogP contribution in [0.15, 0.2) is 77.6 Å². The second-order valence-electron chi connectivity index (χ2n) is 7.91. The number of amides is 2. The maximum atomic E-state index is 13.4. The number of fused-ring (bicyclic) bond motifs is 1. The number of para-hydroxylation sites is 2. The summed E-state index contributed by atoms with van der Waals surface area (Å²) in [5.41, 5.74) is 2.29. The molecular weight excluding hydrogens is 446 g/mol. The van der Waals surface area contributed by atoms with Crippen LogP contribution in [-0.4, -0.2) is 37.2 Å². The first-order valence-electron chi connectivity index (χ1n) is 11.0. The number of H-pyrrole nitrogens is 1. The smallest absolute Gasteiger partial charge is 0.322 e. The number of rotatable bonds is 8. The highest BCUT2D eigenvalue weighted by molar-refractivity contribution is 5.91. The van der Waals surface area contributed by atoms with Crippen LogP contribution in [0, 0.1) is 0 Å². The molecule has 180 valence electrons. The Labute approximate surface area is 203 Å². The predicted octanol–water partition coefficient (Wildman–Crippen LogP) is 4.79. The van der Waals surface area contributed by atoms with Crippen molar-refractivity contribution in [1.29, 1.82) is 0 Å². The number of aromatic nitrogens is 1. The van der Waals surface area contributed by atoms with Gasteiger partial charge in [-0.25, -0.2) is 4.79 Å². The maximum absolute atomic E-state index is 13.4. The molecular formula is C27H27N3O5. The Morgan fingerprint density at radius 1 is 0.857 bits per heavy atom. The molecule has 3 aromatic carbocycles. The average molecular weight is 474 g/mol. The van der Waals surface area contributed by atoms with Gasteiger partial charge in [0.25, 0.3) is 5.56 Å². The standard InChI is InChI=1S/C27H27N3O5/c1-33-21-11-8-18(9-12-21)16-30(27(32)29-23-6-4-5-7-25(23)35-3)17-20-14-19-10-13-22(34-2)15-24(19)28-26(20)31/h4-15H,16-17H2,1-3H3,(H,28,31)(H,29,32). The SMILES string of the molecule is COc1ccc(CN(Cc2cc3ccc(OC)cc3[nH]c2=O)C(=O)Nc2ccccc2OC)cc1. The number of hydrogen-bond acceptors (Lipinski definition) is 5. The van der Waals surface area contributed by atoms with Crippen molar-refractivity contribution >= 4 is 22.6 Å². The van der Waals surface area contributed by atoms with Crippen LogP contribution in [0.1, 0.15) is 11.1 Å². The molecule has 8 nitrogen and oxygen atoms in total. The summed E-state index contributed by atoms with van der Waals surface area (Å²) >= 11 is 0. The number of carbonyl (C=O) groups excluding carboxylic acids is 1. The minimum absolute atomic E-state index is 0.102. The van der Waals surface area contributed by atoms with Crippen LogP contribution in [0.25, 0.3) is 10.9 Å². The average Bonchev–Trinajstić information content (AvgIpc) is 2.89. The minimum Gasteiger partial charge on any atom is -0.497 e. The molecule has 0 saturated heterocycles. The number of pyridine rings is 1. The van der Waals surface area contributed by atoms with E-state index in [0.717, 1.165) is 16.7 Å². The van der Waals surface area contributed by atoms with Gasteiger partial charge < -0.3 is 29.4 Å². The molecule has 0 aliphatic rings. The van der Waals surface area contributed by atoms with Gasteiger partial charge in [0.05, 0.1) is 39.1 Å². The van der Waals surface area contributed by atoms with Crippen LogP contribution in [0.3, 0.4) is 0 Å². The summed E-state index contributed by atoms with van der Waals surface area (Å²) in [6.45, 7) is 0.384. The summed E-state index contributed by atoms with van der Waals surface area (Å²) in [5, 5.41) is 3.75. The van der Waals surface area contributed by atoms with Gasteiger partial charge in [-0.05, 0) is 53.4 Å². The number of aromatic amines is 1. The number of methoxy groups -OCH3 is 3. The zero-order valence-electron chi connectivity index (χ0n) is 19.8. The third-order valence-corrected chi connectivity index (χ3v) is 5.66. The molecule has 1 aromatic heterocycles. The molecule has 1 heterocycles. The lowest BCUT2D eigenvalue weighted by Gasteiger charge is -2.24. The Morgan fingerprint density at radius 3 is 2.29 bits per heavy atom. The van der Waals surface area contributed by atoms with Gasteiger partial charge in [0, 0.05) is 18.2 Å². The second kappa shape index (κ2) is 10.6. The molecule has 0 bridgehead atoms. The number of ether oxygens (including phenoxy) is 3. The van der Waals surface area contributed by atoms with Gasteiger partial charge in [0.1, 0.15) is 17.2 Å². The van der Waals surface area contributed by atoms with E-state index in [2.05, 4.69) is 10.3 Å². The highest BCUT2D eigenvalue weighted by Gasteiger charge is 2.18. The summed E-state index contributed by atoms with van der Waals surface area (Å²) < 4.78 is 15.8. The molecule has 0 aliphatic carbocycles. The Kier molecular flexibility index (Phi) is 7.21. The molecule has 0 radical (unpaired) electrons. The minimum atomic E-state index is -0.362. The van der Waals surface area contributed by atoms with Crippen LogP contribution < -0.4 is 25.1 Å². The Bertz CT molecular complexity index is 1380. The Morgan fingerprint density at radius 2 is 1.57 bits per heavy atom. The van der Waals surface area contributed by atoms with E-state index in [9.17, 15) is 9.59 Å². The zero-order valence-corrected chi connectivity index (χ0v) is 19.8. The van der Waals surface area contributed by atoms with Crippen molar-refractivity contribution in [3.05, 3.63) is 94.3 Å². The Hall–Kier alpha value is -4.46. The molecule has 0 spiro atoms. The summed E-state index contributed by atoms with van der Waals surface area (Å²) in [6.07, 6.45) is 0. The van der Waals surface area contributed by atoms with E-state index in [-0.39, 0.29) is 24.7 Å². The maximum Gasteiger partial charge on any atom is 0.322 e. The number of urea groups is 1. The van der Waals surface area contributed by atoms with Gasteiger partial charge in [-0.2, -0.15) is 0 Å². The van der Waals surface area contributed by atoms with Gasteiger partial charge in [-0.3, -0.25) is 4.79 Å². The first-order chi connectivity index (χ1) is 17.0. The fourth-order valence-corrected chi connectivity index (χ4v) is 3.77. The largest absolute Gasteiger partial charge is 0.497 e. The fourth-order valence-electron chi connectivity index (χ4n) is 3.77. The van der Waals surface area contributed by atoms with Gasteiger partial charge in [-0.1, -0.05) is 24.3 Å². The van der Waals surface area contributed by atoms with E-state index in [1.807, 2.05) is 48.5 Å². The number of carbonyl (C=O) groups is 1. The van der Waals surface area contributed by atoms with Crippen molar-refractivity contribution in [1.82, 2.24) is 9.88 Å². The summed E-state index contributed by atoms with van der Waals surface area (Å²) in [7, 11) is 4.72. The highest BCUT2D eigenvalue weighted by atomic mass is 16.5. The highest BCUT2D eigenvalue weighted by Crippen LogP contribution is 2.25. The molecule has 4 rings (SSSR count). The van der Waals surface area contributed by atoms with E-state index in [1.165, 1.54) is 0 Å². The molecule has 0 fully saturated rings. The lowest BCUT2D eigenvalue weighted by atomic mass is 10.1. The van der Waals surface area contributed by atoms with Crippen LogP contribution in [0.5, 0.6) is 17.2 Å². The molecule has 8 heteroatoms. The molecule has 35 heavy (non-hydrogen) atoms. The Balaban J connectivity index is 1.65. The van der Waals surface area contributed by atoms with Crippen molar-refractivity contribution < 1.29 is 19.0 Å². The second-order valence-corrected chi connectivity index (χ2v) is 7.91. The number of nitrogens with zero attached hydrogens (tertiary/aromatic N) is 1. The molecule has 0 atom stereocenters. The van der Waals surface area contributed by atoms with Gasteiger partial charge >= 0.3 is 6.03 Å². The van der Waals surface area contributed by atoms with E-state index < -0.39 is 0 Å². The van der Waals surface area contributed by atoms with Crippen LogP contribution in [-0.2, 0) is 13.1 Å². The van der Waals surface area contributed by atoms with Gasteiger partial charge in [-0.15, -0.1) is 0 Å². The van der Waals surface area contributed by atoms with Gasteiger partial charge in [0.15, 0.2) is 0 Å². The summed E-state index contributed by atoms with van der Waals surface area (Å²) in [5.74, 6) is 1.92. The topological polar surface area (TPSA) is 92.9 Å². The van der Waals surface area contributed by atoms with Crippen molar-refractivity contribution in [3.8, 4) is 17.2 Å². The van der Waals surface area contributed by atoms with Gasteiger partial charge in [0.2, 0.25) is 0 Å². The van der Waals surface area contributed by atoms with Crippen LogP contribution >= 0.6 is 0 Å². The van der Waals surface area contributed by atoms with E-state index in [4.69, 9.17) is 14.2 Å². The van der Waals surface area contributed by atoms with Crippen LogP contribution in [0.2, 0.25) is 0 Å².